The number of hydrogen-bond acceptors (Lipinski definition) is 3. The third-order valence-corrected chi connectivity index (χ3v) is 2.74. The van der Waals surface area contributed by atoms with Gasteiger partial charge in [-0.05, 0) is 25.2 Å². The molecule has 4 heteroatoms. The monoisotopic (exact) mass is 231 g/mol. The molecular weight excluding hydrogens is 206 g/mol. The van der Waals surface area contributed by atoms with Gasteiger partial charge in [-0.15, -0.1) is 0 Å². The third-order valence-electron chi connectivity index (χ3n) is 2.74. The lowest BCUT2D eigenvalue weighted by Crippen LogP contribution is -2.45. The number of rotatable bonds is 7. The maximum Gasteiger partial charge on any atom is 0.303 e. The Morgan fingerprint density at radius 1 is 1.31 bits per heavy atom. The van der Waals surface area contributed by atoms with E-state index in [-0.39, 0.29) is 30.5 Å². The molecule has 0 aromatic rings. The molecule has 0 aliphatic heterocycles. The van der Waals surface area contributed by atoms with Crippen molar-refractivity contribution in [1.82, 2.24) is 5.32 Å². The summed E-state index contributed by atoms with van der Waals surface area (Å²) in [5.41, 5.74) is 0.0697. The van der Waals surface area contributed by atoms with E-state index in [4.69, 9.17) is 10.2 Å². The van der Waals surface area contributed by atoms with Crippen molar-refractivity contribution in [1.29, 1.82) is 0 Å². The molecule has 0 heterocycles. The van der Waals surface area contributed by atoms with E-state index in [2.05, 4.69) is 26.1 Å². The molecule has 96 valence electrons. The summed E-state index contributed by atoms with van der Waals surface area (Å²) in [5, 5.41) is 21.0. The number of nitrogens with one attached hydrogen (secondary N) is 1. The average Bonchev–Trinajstić information content (AvgIpc) is 2.12. The van der Waals surface area contributed by atoms with E-state index in [0.29, 0.717) is 12.8 Å². The third kappa shape index (κ3) is 6.80. The number of carboxylic acids is 1. The summed E-state index contributed by atoms with van der Waals surface area (Å²) in [5.74, 6) is -0.761. The van der Waals surface area contributed by atoms with Crippen molar-refractivity contribution in [3.8, 4) is 0 Å². The molecule has 0 aromatic heterocycles. The Kier molecular flexibility index (Phi) is 6.60. The zero-order valence-electron chi connectivity index (χ0n) is 10.8. The molecule has 4 nitrogen and oxygen atoms in total. The normalized spacial score (nSPS) is 15.8. The summed E-state index contributed by atoms with van der Waals surface area (Å²) < 4.78 is 0. The van der Waals surface area contributed by atoms with E-state index in [9.17, 15) is 4.79 Å². The highest BCUT2D eigenvalue weighted by Crippen LogP contribution is 2.22. The number of aliphatic carboxylic acids is 1. The van der Waals surface area contributed by atoms with Crippen molar-refractivity contribution in [2.24, 2.45) is 5.41 Å². The van der Waals surface area contributed by atoms with Gasteiger partial charge in [0.2, 0.25) is 0 Å². The highest BCUT2D eigenvalue weighted by atomic mass is 16.4. The molecule has 0 aliphatic carbocycles. The standard InChI is InChI=1S/C12H25NO3/c1-9(5-6-11(15)16)13-10(7-8-14)12(2,3)4/h9-10,13-14H,5-8H2,1-4H3,(H,15,16). The van der Waals surface area contributed by atoms with E-state index in [0.717, 1.165) is 0 Å². The van der Waals surface area contributed by atoms with Gasteiger partial charge in [-0.3, -0.25) is 4.79 Å². The molecule has 3 N–H and O–H groups in total. The predicted octanol–water partition coefficient (Wildman–Crippen LogP) is 1.63. The molecule has 0 aromatic carbocycles. The molecule has 0 radical (unpaired) electrons. The highest BCUT2D eigenvalue weighted by molar-refractivity contribution is 5.66. The lowest BCUT2D eigenvalue weighted by molar-refractivity contribution is -0.137. The molecule has 16 heavy (non-hydrogen) atoms. The Bertz CT molecular complexity index is 211. The average molecular weight is 231 g/mol. The van der Waals surface area contributed by atoms with Crippen molar-refractivity contribution < 1.29 is 15.0 Å². The molecule has 2 unspecified atom stereocenters. The minimum absolute atomic E-state index is 0.0697. The van der Waals surface area contributed by atoms with Crippen LogP contribution in [0.15, 0.2) is 0 Å². The van der Waals surface area contributed by atoms with E-state index in [1.807, 2.05) is 6.92 Å². The minimum atomic E-state index is -0.761. The molecule has 0 saturated heterocycles. The van der Waals surface area contributed by atoms with Crippen LogP contribution in [0.3, 0.4) is 0 Å². The van der Waals surface area contributed by atoms with Crippen molar-refractivity contribution in [2.75, 3.05) is 6.61 Å². The van der Waals surface area contributed by atoms with Crippen LogP contribution in [0.4, 0.5) is 0 Å². The smallest absolute Gasteiger partial charge is 0.303 e. The molecule has 2 atom stereocenters. The Hall–Kier alpha value is -0.610. The fraction of sp³-hybridized carbons (Fsp3) is 0.917. The molecule has 0 saturated carbocycles. The van der Waals surface area contributed by atoms with Gasteiger partial charge >= 0.3 is 5.97 Å². The van der Waals surface area contributed by atoms with Crippen molar-refractivity contribution in [3.05, 3.63) is 0 Å². The van der Waals surface area contributed by atoms with Crippen LogP contribution in [0, 0.1) is 5.41 Å². The van der Waals surface area contributed by atoms with Crippen LogP contribution in [-0.2, 0) is 4.79 Å². The van der Waals surface area contributed by atoms with Crippen LogP contribution in [0.2, 0.25) is 0 Å². The van der Waals surface area contributed by atoms with Gasteiger partial charge in [-0.2, -0.15) is 0 Å². The molecular formula is C12H25NO3. The predicted molar refractivity (Wildman–Crippen MR) is 64.4 cm³/mol. The number of aliphatic hydroxyl groups excluding tert-OH is 1. The summed E-state index contributed by atoms with van der Waals surface area (Å²) in [4.78, 5) is 10.4. The lowest BCUT2D eigenvalue weighted by Gasteiger charge is -2.33. The zero-order chi connectivity index (χ0) is 12.8. The SMILES string of the molecule is CC(CCC(=O)O)NC(CCO)C(C)(C)C. The van der Waals surface area contributed by atoms with Gasteiger partial charge in [-0.25, -0.2) is 0 Å². The zero-order valence-corrected chi connectivity index (χ0v) is 10.8. The maximum atomic E-state index is 10.4. The highest BCUT2D eigenvalue weighted by Gasteiger charge is 2.25. The summed E-state index contributed by atoms with van der Waals surface area (Å²) in [7, 11) is 0. The van der Waals surface area contributed by atoms with E-state index < -0.39 is 5.97 Å². The quantitative estimate of drug-likeness (QED) is 0.623. The Morgan fingerprint density at radius 3 is 2.25 bits per heavy atom. The molecule has 0 spiro atoms. The number of aliphatic hydroxyl groups is 1. The summed E-state index contributed by atoms with van der Waals surface area (Å²) in [6.07, 6.45) is 1.50. The van der Waals surface area contributed by atoms with Gasteiger partial charge < -0.3 is 15.5 Å². The van der Waals surface area contributed by atoms with Crippen LogP contribution in [-0.4, -0.2) is 34.9 Å². The van der Waals surface area contributed by atoms with Gasteiger partial charge in [0.05, 0.1) is 0 Å². The van der Waals surface area contributed by atoms with Gasteiger partial charge in [0.15, 0.2) is 0 Å². The van der Waals surface area contributed by atoms with Crippen molar-refractivity contribution in [3.63, 3.8) is 0 Å². The number of carbonyl (C=O) groups is 1. The van der Waals surface area contributed by atoms with Crippen LogP contribution < -0.4 is 5.32 Å². The lowest BCUT2D eigenvalue weighted by atomic mass is 9.84. The Balaban J connectivity index is 4.13. The second-order valence-corrected chi connectivity index (χ2v) is 5.43. The largest absolute Gasteiger partial charge is 0.481 e. The molecule has 0 bridgehead atoms. The maximum absolute atomic E-state index is 10.4. The Morgan fingerprint density at radius 2 is 1.88 bits per heavy atom. The second-order valence-electron chi connectivity index (χ2n) is 5.43. The Labute approximate surface area is 98.1 Å². The van der Waals surface area contributed by atoms with Crippen molar-refractivity contribution >= 4 is 5.97 Å². The first-order chi connectivity index (χ1) is 7.27. The molecule has 0 aliphatic rings. The summed E-state index contributed by atoms with van der Waals surface area (Å²) in [6.45, 7) is 8.48. The van der Waals surface area contributed by atoms with Crippen molar-refractivity contribution in [2.45, 2.75) is 59.0 Å². The molecule has 0 amide bonds. The summed E-state index contributed by atoms with van der Waals surface area (Å²) in [6, 6.07) is 0.369. The van der Waals surface area contributed by atoms with Crippen LogP contribution in [0.1, 0.15) is 47.0 Å². The fourth-order valence-electron chi connectivity index (χ4n) is 1.66. The van der Waals surface area contributed by atoms with Gasteiger partial charge in [-0.1, -0.05) is 20.8 Å². The second kappa shape index (κ2) is 6.86. The van der Waals surface area contributed by atoms with Gasteiger partial charge in [0.25, 0.3) is 0 Å². The number of hydrogen-bond donors (Lipinski definition) is 3. The van der Waals surface area contributed by atoms with Gasteiger partial charge in [0.1, 0.15) is 0 Å². The van der Waals surface area contributed by atoms with Gasteiger partial charge in [0, 0.05) is 25.1 Å². The summed E-state index contributed by atoms with van der Waals surface area (Å²) >= 11 is 0. The van der Waals surface area contributed by atoms with Crippen LogP contribution >= 0.6 is 0 Å². The topological polar surface area (TPSA) is 69.6 Å². The van der Waals surface area contributed by atoms with E-state index >= 15 is 0 Å². The van der Waals surface area contributed by atoms with Crippen LogP contribution in [0.25, 0.3) is 0 Å². The minimum Gasteiger partial charge on any atom is -0.481 e. The fourth-order valence-corrected chi connectivity index (χ4v) is 1.66. The van der Waals surface area contributed by atoms with E-state index in [1.165, 1.54) is 0 Å². The molecule has 0 rings (SSSR count). The van der Waals surface area contributed by atoms with Crippen LogP contribution in [0.5, 0.6) is 0 Å². The first-order valence-corrected chi connectivity index (χ1v) is 5.86. The number of carboxylic acid groups (broad SMARTS) is 1. The molecule has 0 fully saturated rings. The van der Waals surface area contributed by atoms with E-state index in [1.54, 1.807) is 0 Å². The first-order valence-electron chi connectivity index (χ1n) is 5.86. The first kappa shape index (κ1) is 15.4.